The van der Waals surface area contributed by atoms with Crippen LogP contribution in [0.15, 0.2) is 36.0 Å². The fourth-order valence-corrected chi connectivity index (χ4v) is 6.17. The monoisotopic (exact) mass is 648 g/mol. The Morgan fingerprint density at radius 3 is 2.57 bits per heavy atom. The Morgan fingerprint density at radius 2 is 1.91 bits per heavy atom. The molecule has 3 rings (SSSR count). The molecule has 46 heavy (non-hydrogen) atoms. The molecular formula is C35H56N2O9. The summed E-state index contributed by atoms with van der Waals surface area (Å²) in [6.07, 6.45) is 7.82. The summed E-state index contributed by atoms with van der Waals surface area (Å²) in [4.78, 5) is 39.9. The van der Waals surface area contributed by atoms with Crippen molar-refractivity contribution in [3.05, 3.63) is 36.0 Å². The van der Waals surface area contributed by atoms with Crippen LogP contribution in [0.25, 0.3) is 0 Å². The Labute approximate surface area is 274 Å². The fraction of sp³-hybridized carbons (Fsp3) is 0.743. The van der Waals surface area contributed by atoms with Gasteiger partial charge in [0.1, 0.15) is 6.10 Å². The molecule has 260 valence electrons. The van der Waals surface area contributed by atoms with Crippen LogP contribution in [-0.2, 0) is 28.5 Å². The molecule has 2 fully saturated rings. The highest BCUT2D eigenvalue weighted by atomic mass is 16.6. The highest BCUT2D eigenvalue weighted by Crippen LogP contribution is 2.36. The Balaban J connectivity index is 1.77. The van der Waals surface area contributed by atoms with Crippen LogP contribution in [0, 0.1) is 17.8 Å². The number of hydrogen-bond acceptors (Lipinski definition) is 10. The maximum absolute atomic E-state index is 13.2. The number of aliphatic hydroxyl groups excluding tert-OH is 2. The van der Waals surface area contributed by atoms with E-state index in [1.807, 2.05) is 45.9 Å². The number of cyclic esters (lactones) is 1. The number of carbonyl (C=O) groups is 3. The van der Waals surface area contributed by atoms with Gasteiger partial charge in [-0.15, -0.1) is 0 Å². The average Bonchev–Trinajstić information content (AvgIpc) is 3.78. The minimum absolute atomic E-state index is 0.0879. The van der Waals surface area contributed by atoms with E-state index in [0.717, 1.165) is 12.0 Å². The van der Waals surface area contributed by atoms with Crippen molar-refractivity contribution in [2.45, 2.75) is 123 Å². The van der Waals surface area contributed by atoms with Crippen molar-refractivity contribution in [2.24, 2.45) is 17.8 Å². The standard InChI is InChI=1S/C35H56N2O9/c1-8-28(40)25(5)33-29(44-33)20-22(2)10-9-11-23(3)32-24(4)12-13-30(43-26(6)38)35(7,15-14-27(39)21-31(41)45-32)46-34(42)37-18-16-36-17-19-37/h9-13,22,24-25,27-30,32-33,36,39-40H,8,14-21H2,1-7H3/b10-9+,13-12+,23-11+/t22-,24-,25+,27-,28+,29+,30-,32+,33+,35-/m0/s1. The summed E-state index contributed by atoms with van der Waals surface area (Å²) in [5.41, 5.74) is -0.484. The molecule has 10 atom stereocenters. The van der Waals surface area contributed by atoms with Crippen molar-refractivity contribution < 1.29 is 43.5 Å². The van der Waals surface area contributed by atoms with E-state index >= 15 is 0 Å². The van der Waals surface area contributed by atoms with Gasteiger partial charge in [-0.1, -0.05) is 52.0 Å². The number of allylic oxidation sites excluding steroid dienone is 3. The van der Waals surface area contributed by atoms with E-state index in [4.69, 9.17) is 18.9 Å². The number of epoxide rings is 1. The molecule has 11 heteroatoms. The molecule has 0 radical (unpaired) electrons. The van der Waals surface area contributed by atoms with E-state index in [1.54, 1.807) is 17.9 Å². The zero-order valence-corrected chi connectivity index (χ0v) is 28.6. The highest BCUT2D eigenvalue weighted by Gasteiger charge is 2.45. The molecule has 0 aromatic carbocycles. The maximum atomic E-state index is 13.2. The third-order valence-electron chi connectivity index (χ3n) is 9.31. The maximum Gasteiger partial charge on any atom is 0.410 e. The van der Waals surface area contributed by atoms with Gasteiger partial charge in [0, 0.05) is 44.9 Å². The molecule has 0 spiro atoms. The molecule has 2 saturated heterocycles. The molecule has 0 aliphatic carbocycles. The molecule has 1 amide bonds. The predicted molar refractivity (Wildman–Crippen MR) is 174 cm³/mol. The number of carbonyl (C=O) groups excluding carboxylic acids is 3. The second-order valence-corrected chi connectivity index (χ2v) is 13.5. The first kappa shape index (κ1) is 37.7. The van der Waals surface area contributed by atoms with E-state index in [9.17, 15) is 24.6 Å². The predicted octanol–water partition coefficient (Wildman–Crippen LogP) is 4.07. The molecule has 3 aliphatic rings. The van der Waals surface area contributed by atoms with Gasteiger partial charge >= 0.3 is 18.0 Å². The molecule has 0 saturated carbocycles. The van der Waals surface area contributed by atoms with Gasteiger partial charge in [-0.05, 0) is 57.1 Å². The Bertz CT molecular complexity index is 1120. The van der Waals surface area contributed by atoms with E-state index in [-0.39, 0.29) is 55.3 Å². The molecule has 3 heterocycles. The molecular weight excluding hydrogens is 592 g/mol. The molecule has 0 bridgehead atoms. The topological polar surface area (TPSA) is 147 Å². The van der Waals surface area contributed by atoms with Gasteiger partial charge in [0.15, 0.2) is 11.7 Å². The lowest BCUT2D eigenvalue weighted by atomic mass is 9.88. The number of rotatable bonds is 10. The minimum atomic E-state index is -1.29. The van der Waals surface area contributed by atoms with Crippen molar-refractivity contribution in [1.82, 2.24) is 10.2 Å². The molecule has 0 aromatic rings. The summed E-state index contributed by atoms with van der Waals surface area (Å²) in [6, 6.07) is 0. The molecule has 3 aliphatic heterocycles. The summed E-state index contributed by atoms with van der Waals surface area (Å²) in [5.74, 6) is -1.05. The zero-order valence-electron chi connectivity index (χ0n) is 28.6. The smallest absolute Gasteiger partial charge is 0.410 e. The third-order valence-corrected chi connectivity index (χ3v) is 9.31. The molecule has 0 unspecified atom stereocenters. The van der Waals surface area contributed by atoms with Crippen molar-refractivity contribution in [2.75, 3.05) is 26.2 Å². The van der Waals surface area contributed by atoms with Crippen molar-refractivity contribution in [1.29, 1.82) is 0 Å². The Morgan fingerprint density at radius 1 is 1.22 bits per heavy atom. The van der Waals surface area contributed by atoms with Crippen LogP contribution in [0.1, 0.15) is 80.6 Å². The van der Waals surface area contributed by atoms with Crippen LogP contribution in [-0.4, -0.2) is 102 Å². The van der Waals surface area contributed by atoms with Gasteiger partial charge in [-0.25, -0.2) is 4.79 Å². The third kappa shape index (κ3) is 11.2. The first-order valence-electron chi connectivity index (χ1n) is 16.8. The van der Waals surface area contributed by atoms with Crippen molar-refractivity contribution in [3.63, 3.8) is 0 Å². The number of esters is 2. The fourth-order valence-electron chi connectivity index (χ4n) is 6.17. The van der Waals surface area contributed by atoms with Gasteiger partial charge in [0.25, 0.3) is 0 Å². The Hall–Kier alpha value is -2.73. The lowest BCUT2D eigenvalue weighted by molar-refractivity contribution is -0.158. The number of nitrogens with one attached hydrogen (secondary N) is 1. The van der Waals surface area contributed by atoms with E-state index in [0.29, 0.717) is 32.6 Å². The van der Waals surface area contributed by atoms with E-state index < -0.39 is 41.9 Å². The summed E-state index contributed by atoms with van der Waals surface area (Å²) < 4.78 is 23.4. The number of hydrogen-bond donors (Lipinski definition) is 3. The first-order valence-corrected chi connectivity index (χ1v) is 16.8. The first-order chi connectivity index (χ1) is 21.7. The number of ether oxygens (including phenoxy) is 4. The molecule has 0 aromatic heterocycles. The van der Waals surface area contributed by atoms with Crippen LogP contribution < -0.4 is 5.32 Å². The van der Waals surface area contributed by atoms with Gasteiger partial charge in [0.05, 0.1) is 30.8 Å². The average molecular weight is 649 g/mol. The van der Waals surface area contributed by atoms with Crippen LogP contribution in [0.5, 0.6) is 0 Å². The summed E-state index contributed by atoms with van der Waals surface area (Å²) >= 11 is 0. The molecule has 11 nitrogen and oxygen atoms in total. The number of amides is 1. The minimum Gasteiger partial charge on any atom is -0.457 e. The van der Waals surface area contributed by atoms with Crippen LogP contribution in [0.4, 0.5) is 4.79 Å². The van der Waals surface area contributed by atoms with Crippen LogP contribution in [0.3, 0.4) is 0 Å². The summed E-state index contributed by atoms with van der Waals surface area (Å²) in [6.45, 7) is 15.2. The van der Waals surface area contributed by atoms with Gasteiger partial charge < -0.3 is 39.4 Å². The number of aliphatic hydroxyl groups is 2. The second kappa shape index (κ2) is 17.4. The normalized spacial score (nSPS) is 34.0. The van der Waals surface area contributed by atoms with Crippen LogP contribution in [0.2, 0.25) is 0 Å². The quantitative estimate of drug-likeness (QED) is 0.104. The van der Waals surface area contributed by atoms with Crippen LogP contribution >= 0.6 is 0 Å². The zero-order chi connectivity index (χ0) is 34.0. The van der Waals surface area contributed by atoms with Gasteiger partial charge in [-0.3, -0.25) is 9.59 Å². The van der Waals surface area contributed by atoms with E-state index in [2.05, 4.69) is 18.3 Å². The largest absolute Gasteiger partial charge is 0.457 e. The summed E-state index contributed by atoms with van der Waals surface area (Å²) in [7, 11) is 0. The van der Waals surface area contributed by atoms with Gasteiger partial charge in [-0.2, -0.15) is 0 Å². The highest BCUT2D eigenvalue weighted by molar-refractivity contribution is 5.71. The number of nitrogens with zero attached hydrogens (tertiary/aromatic N) is 1. The SMILES string of the molecule is CC[C@@H](O)[C@@H](C)[C@H]1O[C@@H]1C[C@@H](C)/C=C/C=C(\C)[C@H]1OC(=O)C[C@@H](O)CC[C@](C)(OC(=O)N2CCNCC2)[C@@H](OC(C)=O)/C=C/[C@@H]1C. The van der Waals surface area contributed by atoms with E-state index in [1.165, 1.54) is 6.92 Å². The molecule has 3 N–H and O–H groups in total. The lowest BCUT2D eigenvalue weighted by Crippen LogP contribution is -2.52. The van der Waals surface area contributed by atoms with Crippen molar-refractivity contribution in [3.8, 4) is 0 Å². The Kier molecular flexibility index (Phi) is 14.3. The number of piperazine rings is 1. The van der Waals surface area contributed by atoms with Crippen molar-refractivity contribution >= 4 is 18.0 Å². The second-order valence-electron chi connectivity index (χ2n) is 13.5. The summed E-state index contributed by atoms with van der Waals surface area (Å²) in [5, 5.41) is 24.1. The lowest BCUT2D eigenvalue weighted by Gasteiger charge is -2.38. The van der Waals surface area contributed by atoms with Gasteiger partial charge in [0.2, 0.25) is 0 Å².